The largest absolute Gasteiger partial charge is 0.462 e. The van der Waals surface area contributed by atoms with E-state index >= 15 is 0 Å². The Morgan fingerprint density at radius 1 is 1.32 bits per heavy atom. The molecule has 0 aliphatic carbocycles. The number of H-pyrrole nitrogens is 1. The molecule has 1 aromatic heterocycles. The van der Waals surface area contributed by atoms with E-state index < -0.39 is 5.97 Å². The average Bonchev–Trinajstić information content (AvgIpc) is 2.88. The van der Waals surface area contributed by atoms with Gasteiger partial charge in [-0.3, -0.25) is 9.89 Å². The number of rotatable bonds is 4. The first-order valence-corrected chi connectivity index (χ1v) is 5.79. The number of esters is 1. The summed E-state index contributed by atoms with van der Waals surface area (Å²) >= 11 is 0. The molecule has 98 valence electrons. The second-order valence-corrected chi connectivity index (χ2v) is 3.70. The van der Waals surface area contributed by atoms with Crippen molar-refractivity contribution >= 4 is 17.7 Å². The smallest absolute Gasteiger partial charge is 0.343 e. The number of amides is 1. The molecule has 0 saturated heterocycles. The first-order chi connectivity index (χ1) is 9.22. The lowest BCUT2D eigenvalue weighted by Gasteiger charge is -2.05. The maximum Gasteiger partial charge on any atom is 0.343 e. The van der Waals surface area contributed by atoms with Crippen LogP contribution >= 0.6 is 0 Å². The zero-order valence-corrected chi connectivity index (χ0v) is 10.3. The van der Waals surface area contributed by atoms with Crippen LogP contribution in [0.2, 0.25) is 0 Å². The number of hydrogen-bond donors (Lipinski definition) is 2. The molecule has 0 radical (unpaired) electrons. The summed E-state index contributed by atoms with van der Waals surface area (Å²) in [6.45, 7) is 1.97. The van der Waals surface area contributed by atoms with Crippen LogP contribution in [0.1, 0.15) is 27.6 Å². The number of nitrogens with zero attached hydrogens (tertiary/aromatic N) is 1. The Labute approximate surface area is 109 Å². The van der Waals surface area contributed by atoms with Crippen LogP contribution in [0.15, 0.2) is 36.5 Å². The lowest BCUT2D eigenvalue weighted by molar-refractivity contribution is 0.0527. The third kappa shape index (κ3) is 2.98. The summed E-state index contributed by atoms with van der Waals surface area (Å²) in [7, 11) is 0. The van der Waals surface area contributed by atoms with Crippen molar-refractivity contribution < 1.29 is 14.3 Å². The lowest BCUT2D eigenvalue weighted by atomic mass is 10.2. The van der Waals surface area contributed by atoms with Gasteiger partial charge in [0.1, 0.15) is 11.4 Å². The minimum atomic E-state index is -0.528. The summed E-state index contributed by atoms with van der Waals surface area (Å²) in [5.74, 6) is -0.623. The van der Waals surface area contributed by atoms with Crippen molar-refractivity contribution in [3.8, 4) is 0 Å². The molecule has 6 nitrogen and oxygen atoms in total. The van der Waals surface area contributed by atoms with E-state index in [4.69, 9.17) is 4.74 Å². The number of carbonyl (C=O) groups is 2. The van der Waals surface area contributed by atoms with Crippen LogP contribution in [0.5, 0.6) is 0 Å². The molecule has 0 fully saturated rings. The van der Waals surface area contributed by atoms with Gasteiger partial charge in [0, 0.05) is 5.56 Å². The molecule has 0 aliphatic rings. The van der Waals surface area contributed by atoms with Crippen molar-refractivity contribution in [2.45, 2.75) is 6.92 Å². The van der Waals surface area contributed by atoms with E-state index in [9.17, 15) is 9.59 Å². The van der Waals surface area contributed by atoms with Crippen LogP contribution in [0.25, 0.3) is 0 Å². The van der Waals surface area contributed by atoms with E-state index in [1.54, 1.807) is 31.2 Å². The van der Waals surface area contributed by atoms with Crippen LogP contribution in [0.4, 0.5) is 5.82 Å². The number of hydrogen-bond acceptors (Lipinski definition) is 4. The van der Waals surface area contributed by atoms with Crippen molar-refractivity contribution in [3.63, 3.8) is 0 Å². The molecule has 6 heteroatoms. The van der Waals surface area contributed by atoms with Gasteiger partial charge in [0.15, 0.2) is 0 Å². The fraction of sp³-hybridized carbons (Fsp3) is 0.154. The van der Waals surface area contributed by atoms with Gasteiger partial charge >= 0.3 is 5.97 Å². The van der Waals surface area contributed by atoms with Gasteiger partial charge < -0.3 is 10.1 Å². The monoisotopic (exact) mass is 259 g/mol. The summed E-state index contributed by atoms with van der Waals surface area (Å²) < 4.78 is 4.86. The van der Waals surface area contributed by atoms with E-state index in [2.05, 4.69) is 15.5 Å². The Kier molecular flexibility index (Phi) is 3.92. The predicted molar refractivity (Wildman–Crippen MR) is 68.9 cm³/mol. The summed E-state index contributed by atoms with van der Waals surface area (Å²) in [5.41, 5.74) is 0.693. The molecular weight excluding hydrogens is 246 g/mol. The maximum atomic E-state index is 11.9. The highest BCUT2D eigenvalue weighted by Crippen LogP contribution is 2.13. The van der Waals surface area contributed by atoms with Crippen molar-refractivity contribution in [2.24, 2.45) is 0 Å². The third-order valence-corrected chi connectivity index (χ3v) is 2.41. The van der Waals surface area contributed by atoms with Gasteiger partial charge in [0.05, 0.1) is 12.8 Å². The number of aromatic nitrogens is 2. The van der Waals surface area contributed by atoms with Gasteiger partial charge in [-0.15, -0.1) is 0 Å². The predicted octanol–water partition coefficient (Wildman–Crippen LogP) is 1.84. The number of carbonyl (C=O) groups excluding carboxylic acids is 2. The van der Waals surface area contributed by atoms with E-state index in [0.29, 0.717) is 5.56 Å². The molecule has 0 atom stereocenters. The molecule has 2 rings (SSSR count). The SMILES string of the molecule is CCOC(=O)c1cn[nH]c1NC(=O)c1ccccc1. The fourth-order valence-corrected chi connectivity index (χ4v) is 1.52. The molecule has 0 spiro atoms. The highest BCUT2D eigenvalue weighted by Gasteiger charge is 2.17. The van der Waals surface area contributed by atoms with Gasteiger partial charge in [0.25, 0.3) is 5.91 Å². The number of nitrogens with one attached hydrogen (secondary N) is 2. The third-order valence-electron chi connectivity index (χ3n) is 2.41. The first-order valence-electron chi connectivity index (χ1n) is 5.79. The molecule has 0 bridgehead atoms. The van der Waals surface area contributed by atoms with E-state index in [-0.39, 0.29) is 23.9 Å². The van der Waals surface area contributed by atoms with Gasteiger partial charge in [0.2, 0.25) is 0 Å². The summed E-state index contributed by atoms with van der Waals surface area (Å²) in [6.07, 6.45) is 1.32. The highest BCUT2D eigenvalue weighted by molar-refractivity contribution is 6.07. The van der Waals surface area contributed by atoms with Gasteiger partial charge in [-0.05, 0) is 19.1 Å². The van der Waals surface area contributed by atoms with E-state index in [1.165, 1.54) is 6.20 Å². The second kappa shape index (κ2) is 5.81. The molecule has 0 aliphatic heterocycles. The van der Waals surface area contributed by atoms with Gasteiger partial charge in [-0.2, -0.15) is 5.10 Å². The molecule has 2 aromatic rings. The molecule has 0 saturated carbocycles. The summed E-state index contributed by atoms with van der Waals surface area (Å²) in [4.78, 5) is 23.5. The quantitative estimate of drug-likeness (QED) is 0.820. The van der Waals surface area contributed by atoms with Crippen molar-refractivity contribution in [1.29, 1.82) is 0 Å². The van der Waals surface area contributed by atoms with Crippen LogP contribution in [-0.2, 0) is 4.74 Å². The topological polar surface area (TPSA) is 84.1 Å². The van der Waals surface area contributed by atoms with Crippen LogP contribution in [-0.4, -0.2) is 28.7 Å². The number of benzene rings is 1. The van der Waals surface area contributed by atoms with Crippen molar-refractivity contribution in [2.75, 3.05) is 11.9 Å². The number of anilines is 1. The Balaban J connectivity index is 2.14. The molecule has 1 aromatic carbocycles. The maximum absolute atomic E-state index is 11.9. The fourth-order valence-electron chi connectivity index (χ4n) is 1.52. The van der Waals surface area contributed by atoms with Crippen molar-refractivity contribution in [3.05, 3.63) is 47.7 Å². The molecular formula is C13H13N3O3. The van der Waals surface area contributed by atoms with E-state index in [0.717, 1.165) is 0 Å². The normalized spacial score (nSPS) is 9.95. The molecule has 1 amide bonds. The Morgan fingerprint density at radius 3 is 2.74 bits per heavy atom. The zero-order valence-electron chi connectivity index (χ0n) is 10.3. The minimum Gasteiger partial charge on any atom is -0.462 e. The minimum absolute atomic E-state index is 0.200. The Hall–Kier alpha value is -2.63. The van der Waals surface area contributed by atoms with Crippen LogP contribution in [0, 0.1) is 0 Å². The summed E-state index contributed by atoms with van der Waals surface area (Å²) in [6, 6.07) is 8.69. The highest BCUT2D eigenvalue weighted by atomic mass is 16.5. The zero-order chi connectivity index (χ0) is 13.7. The van der Waals surface area contributed by atoms with Crippen LogP contribution in [0.3, 0.4) is 0 Å². The molecule has 0 unspecified atom stereocenters. The Morgan fingerprint density at radius 2 is 2.05 bits per heavy atom. The second-order valence-electron chi connectivity index (χ2n) is 3.70. The van der Waals surface area contributed by atoms with Crippen molar-refractivity contribution in [1.82, 2.24) is 10.2 Å². The first kappa shape index (κ1) is 12.8. The summed E-state index contributed by atoms with van der Waals surface area (Å²) in [5, 5.41) is 8.88. The molecule has 1 heterocycles. The van der Waals surface area contributed by atoms with Crippen LogP contribution < -0.4 is 5.32 Å². The average molecular weight is 259 g/mol. The molecule has 2 N–H and O–H groups in total. The molecule has 19 heavy (non-hydrogen) atoms. The lowest BCUT2D eigenvalue weighted by Crippen LogP contribution is -2.15. The van der Waals surface area contributed by atoms with E-state index in [1.807, 2.05) is 6.07 Å². The standard InChI is InChI=1S/C13H13N3O3/c1-2-19-13(18)10-8-14-16-11(10)15-12(17)9-6-4-3-5-7-9/h3-8H,2H2,1H3,(H2,14,15,16,17). The number of aromatic amines is 1. The van der Waals surface area contributed by atoms with Gasteiger partial charge in [-0.1, -0.05) is 18.2 Å². The van der Waals surface area contributed by atoms with Gasteiger partial charge in [-0.25, -0.2) is 4.79 Å². The Bertz CT molecular complexity index is 578. The number of ether oxygens (including phenoxy) is 1.